The Bertz CT molecular complexity index is 1130. The van der Waals surface area contributed by atoms with Gasteiger partial charge >= 0.3 is 6.03 Å². The van der Waals surface area contributed by atoms with Crippen molar-refractivity contribution in [3.8, 4) is 0 Å². The number of para-hydroxylation sites is 1. The van der Waals surface area contributed by atoms with E-state index < -0.39 is 22.8 Å². The zero-order chi connectivity index (χ0) is 20.7. The number of rotatable bonds is 3. The molecule has 148 valence electrons. The number of nitrogens with zero attached hydrogens (tertiary/aromatic N) is 2. The number of benzene rings is 3. The normalized spacial score (nSPS) is 16.1. The molecule has 4 nitrogen and oxygen atoms in total. The van der Waals surface area contributed by atoms with Crippen LogP contribution in [0.4, 0.5) is 20.6 Å². The van der Waals surface area contributed by atoms with Crippen LogP contribution in [0.3, 0.4) is 0 Å². The first-order valence-electron chi connectivity index (χ1n) is 9.02. The van der Waals surface area contributed by atoms with Gasteiger partial charge in [0.05, 0.1) is 22.8 Å². The second-order valence-electron chi connectivity index (χ2n) is 6.80. The molecular formula is C22H18ClFN2O2S. The molecule has 0 spiro atoms. The van der Waals surface area contributed by atoms with Crippen molar-refractivity contribution < 1.29 is 13.4 Å². The maximum absolute atomic E-state index is 14.4. The third-order valence-corrected chi connectivity index (χ3v) is 6.85. The van der Waals surface area contributed by atoms with E-state index >= 15 is 0 Å². The summed E-state index contributed by atoms with van der Waals surface area (Å²) in [5.41, 5.74) is 3.10. The summed E-state index contributed by atoms with van der Waals surface area (Å²) in [4.78, 5) is 15.4. The highest BCUT2D eigenvalue weighted by molar-refractivity contribution is 7.87. The Balaban J connectivity index is 1.87. The monoisotopic (exact) mass is 428 g/mol. The van der Waals surface area contributed by atoms with Gasteiger partial charge in [0.15, 0.2) is 11.0 Å². The topological polar surface area (TPSA) is 40.6 Å². The van der Waals surface area contributed by atoms with E-state index in [1.807, 2.05) is 26.0 Å². The maximum Gasteiger partial charge on any atom is 0.341 e. The van der Waals surface area contributed by atoms with E-state index in [1.54, 1.807) is 36.4 Å². The van der Waals surface area contributed by atoms with Crippen LogP contribution in [0.5, 0.6) is 0 Å². The van der Waals surface area contributed by atoms with Crippen molar-refractivity contribution in [1.29, 1.82) is 0 Å². The van der Waals surface area contributed by atoms with Gasteiger partial charge in [-0.1, -0.05) is 41.9 Å². The van der Waals surface area contributed by atoms with E-state index in [2.05, 4.69) is 0 Å². The van der Waals surface area contributed by atoms with Crippen molar-refractivity contribution in [2.75, 3.05) is 9.21 Å². The number of hydrogen-bond acceptors (Lipinski definition) is 2. The number of anilines is 2. The minimum atomic E-state index is -1.73. The van der Waals surface area contributed by atoms with Crippen molar-refractivity contribution in [2.24, 2.45) is 0 Å². The quantitative estimate of drug-likeness (QED) is 0.531. The molecule has 0 fully saturated rings. The fourth-order valence-corrected chi connectivity index (χ4v) is 4.94. The Morgan fingerprint density at radius 2 is 1.66 bits per heavy atom. The summed E-state index contributed by atoms with van der Waals surface area (Å²) >= 11 is 6.20. The predicted octanol–water partition coefficient (Wildman–Crippen LogP) is 5.77. The highest BCUT2D eigenvalue weighted by Crippen LogP contribution is 2.38. The molecule has 3 aromatic rings. The molecule has 3 aromatic carbocycles. The molecule has 0 saturated heterocycles. The highest BCUT2D eigenvalue weighted by Gasteiger charge is 2.38. The van der Waals surface area contributed by atoms with E-state index in [-0.39, 0.29) is 17.1 Å². The number of carbonyl (C=O) groups is 1. The van der Waals surface area contributed by atoms with E-state index in [1.165, 1.54) is 21.3 Å². The van der Waals surface area contributed by atoms with Crippen LogP contribution in [-0.4, -0.2) is 10.2 Å². The summed E-state index contributed by atoms with van der Waals surface area (Å²) in [6.07, 6.45) is 0. The first-order valence-corrected chi connectivity index (χ1v) is 10.5. The maximum atomic E-state index is 14.4. The molecule has 0 aliphatic carbocycles. The van der Waals surface area contributed by atoms with Gasteiger partial charge in [0.1, 0.15) is 5.82 Å². The summed E-state index contributed by atoms with van der Waals surface area (Å²) in [5.74, 6) is -0.493. The zero-order valence-corrected chi connectivity index (χ0v) is 17.4. The van der Waals surface area contributed by atoms with Gasteiger partial charge in [0, 0.05) is 10.6 Å². The predicted molar refractivity (Wildman–Crippen MR) is 114 cm³/mol. The Morgan fingerprint density at radius 1 is 0.966 bits per heavy atom. The highest BCUT2D eigenvalue weighted by atomic mass is 35.5. The van der Waals surface area contributed by atoms with Crippen LogP contribution in [0, 0.1) is 19.7 Å². The Labute approximate surface area is 176 Å². The first-order chi connectivity index (χ1) is 13.9. The summed E-state index contributed by atoms with van der Waals surface area (Å²) in [7, 11) is -1.73. The van der Waals surface area contributed by atoms with Crippen molar-refractivity contribution >= 4 is 40.0 Å². The molecule has 0 bridgehead atoms. The number of urea groups is 1. The minimum Gasteiger partial charge on any atom is -0.287 e. The lowest BCUT2D eigenvalue weighted by molar-refractivity contribution is 0.253. The molecule has 1 aliphatic rings. The SMILES string of the molecule is Cc1cccc(N2C(=O)N(Cc3c(F)cccc3Cl)c3ccccc3S2=O)c1C. The molecule has 4 rings (SSSR count). The van der Waals surface area contributed by atoms with Gasteiger partial charge in [-0.25, -0.2) is 17.7 Å². The van der Waals surface area contributed by atoms with Crippen molar-refractivity contribution in [1.82, 2.24) is 0 Å². The number of aryl methyl sites for hydroxylation is 1. The second kappa shape index (κ2) is 7.61. The molecule has 0 N–H and O–H groups in total. The van der Waals surface area contributed by atoms with Gasteiger partial charge in [-0.3, -0.25) is 4.90 Å². The molecule has 1 atom stereocenters. The van der Waals surface area contributed by atoms with Gasteiger partial charge in [0.25, 0.3) is 0 Å². The Morgan fingerprint density at radius 3 is 2.41 bits per heavy atom. The number of hydrogen-bond donors (Lipinski definition) is 0. The molecule has 0 radical (unpaired) electrons. The fraction of sp³-hybridized carbons (Fsp3) is 0.136. The Kier molecular flexibility index (Phi) is 5.15. The third kappa shape index (κ3) is 3.32. The van der Waals surface area contributed by atoms with Crippen LogP contribution in [0.15, 0.2) is 65.6 Å². The molecule has 1 unspecified atom stereocenters. The molecule has 7 heteroatoms. The number of amides is 2. The van der Waals surface area contributed by atoms with Crippen LogP contribution in [0.25, 0.3) is 0 Å². The lowest BCUT2D eigenvalue weighted by atomic mass is 10.1. The minimum absolute atomic E-state index is 0.0695. The van der Waals surface area contributed by atoms with Gasteiger partial charge in [-0.15, -0.1) is 0 Å². The summed E-state index contributed by atoms with van der Waals surface area (Å²) < 4.78 is 29.0. The van der Waals surface area contributed by atoms with Gasteiger partial charge in [-0.05, 0) is 55.3 Å². The standard InChI is InChI=1S/C22H18ClFN2O2S/c1-14-7-5-11-19(15(14)2)26-22(27)25(13-16-17(23)8-6-9-18(16)24)20-10-3-4-12-21(20)29(26)28/h3-12H,13H2,1-2H3. The van der Waals surface area contributed by atoms with Crippen LogP contribution in [0.2, 0.25) is 5.02 Å². The lowest BCUT2D eigenvalue weighted by Gasteiger charge is -2.36. The number of fused-ring (bicyclic) bond motifs is 1. The van der Waals surface area contributed by atoms with Crippen LogP contribution < -0.4 is 9.21 Å². The Hall–Kier alpha value is -2.70. The van der Waals surface area contributed by atoms with E-state index in [4.69, 9.17) is 11.6 Å². The summed E-state index contributed by atoms with van der Waals surface area (Å²) in [5, 5.41) is 0.236. The summed E-state index contributed by atoms with van der Waals surface area (Å²) in [6, 6.07) is 16.4. The zero-order valence-electron chi connectivity index (χ0n) is 15.9. The largest absolute Gasteiger partial charge is 0.341 e. The van der Waals surface area contributed by atoms with Crippen molar-refractivity contribution in [2.45, 2.75) is 25.3 Å². The van der Waals surface area contributed by atoms with Crippen LogP contribution in [-0.2, 0) is 17.5 Å². The van der Waals surface area contributed by atoms with E-state index in [0.717, 1.165) is 11.1 Å². The lowest BCUT2D eigenvalue weighted by Crippen LogP contribution is -2.48. The third-order valence-electron chi connectivity index (χ3n) is 5.09. The van der Waals surface area contributed by atoms with Crippen molar-refractivity contribution in [3.05, 3.63) is 88.2 Å². The first kappa shape index (κ1) is 19.6. The molecular weight excluding hydrogens is 411 g/mol. The van der Waals surface area contributed by atoms with Gasteiger partial charge < -0.3 is 0 Å². The number of carbonyl (C=O) groups excluding carboxylic acids is 1. The molecule has 1 heterocycles. The molecule has 0 saturated carbocycles. The van der Waals surface area contributed by atoms with Gasteiger partial charge in [0.2, 0.25) is 0 Å². The molecule has 1 aliphatic heterocycles. The van der Waals surface area contributed by atoms with Gasteiger partial charge in [-0.2, -0.15) is 0 Å². The summed E-state index contributed by atoms with van der Waals surface area (Å²) in [6.45, 7) is 3.74. The average Bonchev–Trinajstić information content (AvgIpc) is 2.70. The second-order valence-corrected chi connectivity index (χ2v) is 8.51. The molecule has 0 aromatic heterocycles. The smallest absolute Gasteiger partial charge is 0.287 e. The van der Waals surface area contributed by atoms with E-state index in [0.29, 0.717) is 16.3 Å². The van der Waals surface area contributed by atoms with Crippen molar-refractivity contribution in [3.63, 3.8) is 0 Å². The van der Waals surface area contributed by atoms with E-state index in [9.17, 15) is 13.4 Å². The molecule has 29 heavy (non-hydrogen) atoms. The van der Waals surface area contributed by atoms with Crippen LogP contribution in [0.1, 0.15) is 16.7 Å². The molecule has 2 amide bonds. The number of halogens is 2. The average molecular weight is 429 g/mol. The van der Waals surface area contributed by atoms with Crippen LogP contribution >= 0.6 is 11.6 Å². The fourth-order valence-electron chi connectivity index (χ4n) is 3.35.